The first-order valence-electron chi connectivity index (χ1n) is 8.35. The summed E-state index contributed by atoms with van der Waals surface area (Å²) in [7, 11) is 0. The lowest BCUT2D eigenvalue weighted by atomic mass is 10.1. The molecule has 0 aliphatic heterocycles. The molecule has 0 bridgehead atoms. The van der Waals surface area contributed by atoms with Crippen molar-refractivity contribution < 1.29 is 4.79 Å². The number of hydrazone groups is 1. The molecule has 0 aliphatic carbocycles. The Morgan fingerprint density at radius 1 is 1.11 bits per heavy atom. The van der Waals surface area contributed by atoms with E-state index < -0.39 is 0 Å². The highest BCUT2D eigenvalue weighted by molar-refractivity contribution is 9.10. The molecule has 0 saturated heterocycles. The first kappa shape index (κ1) is 18.8. The molecule has 0 radical (unpaired) electrons. The molecule has 3 aromatic rings. The molecule has 0 saturated carbocycles. The van der Waals surface area contributed by atoms with E-state index in [1.165, 1.54) is 10.9 Å². The van der Waals surface area contributed by atoms with Gasteiger partial charge in [-0.15, -0.1) is 0 Å². The average molecular weight is 427 g/mol. The van der Waals surface area contributed by atoms with E-state index in [0.29, 0.717) is 16.8 Å². The maximum atomic E-state index is 12.7. The summed E-state index contributed by atoms with van der Waals surface area (Å²) in [6.45, 7) is 5.81. The summed E-state index contributed by atoms with van der Waals surface area (Å²) in [6.07, 6.45) is 1.36. The minimum Gasteiger partial charge on any atom is -0.295 e. The van der Waals surface area contributed by atoms with Crippen LogP contribution in [-0.2, 0) is 0 Å². The zero-order chi connectivity index (χ0) is 19.6. The van der Waals surface area contributed by atoms with Gasteiger partial charge < -0.3 is 0 Å². The number of benzene rings is 2. The SMILES string of the molecule is Cc1ccc(-n2[nH]c(C)c(C=NNC(=O)c3ccc(Br)cc3)c2=O)cc1C. The van der Waals surface area contributed by atoms with Gasteiger partial charge in [0, 0.05) is 15.7 Å². The first-order valence-corrected chi connectivity index (χ1v) is 9.14. The van der Waals surface area contributed by atoms with Crippen LogP contribution in [0.5, 0.6) is 0 Å². The molecule has 1 heterocycles. The van der Waals surface area contributed by atoms with Crippen LogP contribution in [0.1, 0.15) is 32.7 Å². The number of aromatic amines is 1. The van der Waals surface area contributed by atoms with Crippen LogP contribution in [0.3, 0.4) is 0 Å². The lowest BCUT2D eigenvalue weighted by Gasteiger charge is -2.05. The zero-order valence-corrected chi connectivity index (χ0v) is 16.8. The summed E-state index contributed by atoms with van der Waals surface area (Å²) in [5.74, 6) is -0.346. The van der Waals surface area contributed by atoms with E-state index in [-0.39, 0.29) is 11.5 Å². The van der Waals surface area contributed by atoms with Gasteiger partial charge >= 0.3 is 0 Å². The molecule has 0 aliphatic rings. The van der Waals surface area contributed by atoms with Crippen molar-refractivity contribution in [2.24, 2.45) is 5.10 Å². The van der Waals surface area contributed by atoms with E-state index in [2.05, 4.69) is 31.6 Å². The first-order chi connectivity index (χ1) is 12.9. The maximum absolute atomic E-state index is 12.7. The van der Waals surface area contributed by atoms with Crippen molar-refractivity contribution in [3.05, 3.63) is 85.2 Å². The number of nitrogens with zero attached hydrogens (tertiary/aromatic N) is 2. The third-order valence-corrected chi connectivity index (χ3v) is 4.86. The van der Waals surface area contributed by atoms with Gasteiger partial charge in [-0.3, -0.25) is 14.7 Å². The van der Waals surface area contributed by atoms with Gasteiger partial charge in [0.1, 0.15) is 0 Å². The van der Waals surface area contributed by atoms with E-state index in [9.17, 15) is 9.59 Å². The molecule has 0 fully saturated rings. The van der Waals surface area contributed by atoms with Crippen LogP contribution in [0.15, 0.2) is 56.8 Å². The van der Waals surface area contributed by atoms with Gasteiger partial charge in [0.15, 0.2) is 0 Å². The number of carbonyl (C=O) groups excluding carboxylic acids is 1. The molecule has 2 N–H and O–H groups in total. The monoisotopic (exact) mass is 426 g/mol. The average Bonchev–Trinajstić information content (AvgIpc) is 2.92. The zero-order valence-electron chi connectivity index (χ0n) is 15.2. The molecule has 138 valence electrons. The summed E-state index contributed by atoms with van der Waals surface area (Å²) in [5.41, 5.74) is 6.77. The molecule has 0 spiro atoms. The Labute approximate surface area is 165 Å². The number of aromatic nitrogens is 2. The van der Waals surface area contributed by atoms with Gasteiger partial charge in [0.25, 0.3) is 11.5 Å². The normalized spacial score (nSPS) is 11.1. The van der Waals surface area contributed by atoms with Crippen molar-refractivity contribution in [2.45, 2.75) is 20.8 Å². The smallest absolute Gasteiger partial charge is 0.280 e. The predicted octanol–water partition coefficient (Wildman–Crippen LogP) is 3.62. The lowest BCUT2D eigenvalue weighted by molar-refractivity contribution is 0.0955. The summed E-state index contributed by atoms with van der Waals surface area (Å²) in [5, 5.41) is 6.98. The number of hydrogen-bond donors (Lipinski definition) is 2. The van der Waals surface area contributed by atoms with Gasteiger partial charge in [0.05, 0.1) is 17.5 Å². The second kappa shape index (κ2) is 7.75. The van der Waals surface area contributed by atoms with Crippen LogP contribution < -0.4 is 11.0 Å². The predicted molar refractivity (Wildman–Crippen MR) is 110 cm³/mol. The third-order valence-electron chi connectivity index (χ3n) is 4.33. The third kappa shape index (κ3) is 4.09. The van der Waals surface area contributed by atoms with Crippen LogP contribution in [0, 0.1) is 20.8 Å². The van der Waals surface area contributed by atoms with Crippen LogP contribution in [-0.4, -0.2) is 21.9 Å². The number of halogens is 1. The fourth-order valence-electron chi connectivity index (χ4n) is 2.58. The highest BCUT2D eigenvalue weighted by Crippen LogP contribution is 2.13. The fourth-order valence-corrected chi connectivity index (χ4v) is 2.84. The van der Waals surface area contributed by atoms with Crippen molar-refractivity contribution >= 4 is 28.1 Å². The largest absolute Gasteiger partial charge is 0.295 e. The van der Waals surface area contributed by atoms with Crippen molar-refractivity contribution in [1.29, 1.82) is 0 Å². The topological polar surface area (TPSA) is 79.2 Å². The van der Waals surface area contributed by atoms with E-state index in [1.54, 1.807) is 31.2 Å². The molecule has 2 aromatic carbocycles. The lowest BCUT2D eigenvalue weighted by Crippen LogP contribution is -2.20. The number of nitrogens with one attached hydrogen (secondary N) is 2. The molecule has 0 atom stereocenters. The Bertz CT molecular complexity index is 1080. The highest BCUT2D eigenvalue weighted by Gasteiger charge is 2.11. The van der Waals surface area contributed by atoms with E-state index in [4.69, 9.17) is 0 Å². The van der Waals surface area contributed by atoms with Crippen molar-refractivity contribution in [1.82, 2.24) is 15.2 Å². The Hall–Kier alpha value is -2.93. The summed E-state index contributed by atoms with van der Waals surface area (Å²) in [6, 6.07) is 12.7. The van der Waals surface area contributed by atoms with Gasteiger partial charge in [-0.05, 0) is 68.3 Å². The number of amides is 1. The molecule has 27 heavy (non-hydrogen) atoms. The van der Waals surface area contributed by atoms with Crippen LogP contribution in [0.25, 0.3) is 5.69 Å². The Balaban J connectivity index is 1.81. The van der Waals surface area contributed by atoms with Crippen molar-refractivity contribution in [3.8, 4) is 5.69 Å². The van der Waals surface area contributed by atoms with Gasteiger partial charge in [-0.25, -0.2) is 10.1 Å². The number of carbonyl (C=O) groups is 1. The van der Waals surface area contributed by atoms with Gasteiger partial charge in [-0.2, -0.15) is 5.10 Å². The minimum atomic E-state index is -0.346. The van der Waals surface area contributed by atoms with E-state index >= 15 is 0 Å². The Morgan fingerprint density at radius 3 is 2.48 bits per heavy atom. The highest BCUT2D eigenvalue weighted by atomic mass is 79.9. The van der Waals surface area contributed by atoms with Gasteiger partial charge in [0.2, 0.25) is 0 Å². The maximum Gasteiger partial charge on any atom is 0.280 e. The van der Waals surface area contributed by atoms with E-state index in [0.717, 1.165) is 21.3 Å². The molecule has 6 nitrogen and oxygen atoms in total. The minimum absolute atomic E-state index is 0.225. The molecule has 3 rings (SSSR count). The fraction of sp³-hybridized carbons (Fsp3) is 0.150. The Morgan fingerprint density at radius 2 is 1.81 bits per heavy atom. The van der Waals surface area contributed by atoms with Crippen LogP contribution in [0.4, 0.5) is 0 Å². The number of aryl methyl sites for hydroxylation is 3. The van der Waals surface area contributed by atoms with Gasteiger partial charge in [-0.1, -0.05) is 22.0 Å². The van der Waals surface area contributed by atoms with Crippen molar-refractivity contribution in [3.63, 3.8) is 0 Å². The quantitative estimate of drug-likeness (QED) is 0.493. The summed E-state index contributed by atoms with van der Waals surface area (Å²) in [4.78, 5) is 24.8. The number of H-pyrrole nitrogens is 1. The van der Waals surface area contributed by atoms with Crippen LogP contribution in [0.2, 0.25) is 0 Å². The summed E-state index contributed by atoms with van der Waals surface area (Å²) >= 11 is 3.32. The van der Waals surface area contributed by atoms with Crippen LogP contribution >= 0.6 is 15.9 Å². The van der Waals surface area contributed by atoms with E-state index in [1.807, 2.05) is 32.0 Å². The number of rotatable bonds is 4. The molecule has 1 aromatic heterocycles. The molecule has 7 heteroatoms. The molecular formula is C20H19BrN4O2. The summed E-state index contributed by atoms with van der Waals surface area (Å²) < 4.78 is 2.36. The molecule has 0 unspecified atom stereocenters. The molecule has 1 amide bonds. The molecular weight excluding hydrogens is 408 g/mol. The number of hydrogen-bond acceptors (Lipinski definition) is 3. The standard InChI is InChI=1S/C20H19BrN4O2/c1-12-4-9-17(10-13(12)2)25-20(27)18(14(3)24-25)11-22-23-19(26)15-5-7-16(21)8-6-15/h4-11,24H,1-3H3,(H,23,26). The second-order valence-corrected chi connectivity index (χ2v) is 7.18. The Kier molecular flexibility index (Phi) is 5.41. The van der Waals surface area contributed by atoms with Crippen molar-refractivity contribution in [2.75, 3.05) is 0 Å². The second-order valence-electron chi connectivity index (χ2n) is 6.27.